The van der Waals surface area contributed by atoms with Crippen LogP contribution in [0, 0.1) is 17.5 Å². The number of nitrogens with zero attached hydrogens (tertiary/aromatic N) is 5. The summed E-state index contributed by atoms with van der Waals surface area (Å²) in [6, 6.07) is 5.73. The van der Waals surface area contributed by atoms with Gasteiger partial charge in [-0.25, -0.2) is 22.8 Å². The minimum atomic E-state index is -1.23. The first-order valence-corrected chi connectivity index (χ1v) is 9.64. The van der Waals surface area contributed by atoms with Crippen LogP contribution in [0.3, 0.4) is 0 Å². The second-order valence-corrected chi connectivity index (χ2v) is 6.60. The van der Waals surface area contributed by atoms with Crippen LogP contribution in [0.1, 0.15) is 19.4 Å². The number of hydrogen-bond donors (Lipinski definition) is 1. The molecule has 2 amide bonds. The lowest BCUT2D eigenvalue weighted by atomic mass is 10.1. The van der Waals surface area contributed by atoms with Crippen molar-refractivity contribution in [1.29, 1.82) is 0 Å². The molecule has 9 nitrogen and oxygen atoms in total. The van der Waals surface area contributed by atoms with E-state index in [-0.39, 0.29) is 29.2 Å². The van der Waals surface area contributed by atoms with E-state index >= 15 is 0 Å². The number of tetrazole rings is 1. The van der Waals surface area contributed by atoms with Gasteiger partial charge in [-0.2, -0.15) is 4.68 Å². The van der Waals surface area contributed by atoms with Crippen LogP contribution in [-0.4, -0.2) is 44.8 Å². The summed E-state index contributed by atoms with van der Waals surface area (Å²) < 4.78 is 43.3. The molecule has 1 N–H and O–H groups in total. The van der Waals surface area contributed by atoms with E-state index in [1.54, 1.807) is 6.92 Å². The normalized spacial score (nSPS) is 10.8. The smallest absolute Gasteiger partial charge is 0.356 e. The molecule has 0 atom stereocenters. The Hall–Kier alpha value is -3.96. The highest BCUT2D eigenvalue weighted by atomic mass is 19.1. The van der Waals surface area contributed by atoms with Gasteiger partial charge < -0.3 is 5.32 Å². The van der Waals surface area contributed by atoms with Crippen LogP contribution in [0.2, 0.25) is 0 Å². The molecule has 0 spiro atoms. The SMILES string of the molecule is CCNC(=O)Cc1ccc(N(CC)C(=O)n2nnn(-c3c(F)cccc3F)c2=O)c(F)c1. The van der Waals surface area contributed by atoms with Crippen molar-refractivity contribution >= 4 is 17.6 Å². The first-order chi connectivity index (χ1) is 15.3. The third-order valence-electron chi connectivity index (χ3n) is 4.50. The van der Waals surface area contributed by atoms with E-state index in [0.29, 0.717) is 16.8 Å². The molecule has 12 heteroatoms. The van der Waals surface area contributed by atoms with Gasteiger partial charge in [-0.15, -0.1) is 4.68 Å². The molecule has 3 aromatic rings. The van der Waals surface area contributed by atoms with E-state index in [1.807, 2.05) is 0 Å². The highest BCUT2D eigenvalue weighted by molar-refractivity contribution is 5.93. The number of rotatable bonds is 6. The predicted molar refractivity (Wildman–Crippen MR) is 108 cm³/mol. The summed E-state index contributed by atoms with van der Waals surface area (Å²) in [5, 5.41) is 9.37. The molecular formula is C20H19F3N6O3. The van der Waals surface area contributed by atoms with Crippen molar-refractivity contribution in [2.75, 3.05) is 18.0 Å². The van der Waals surface area contributed by atoms with Crippen LogP contribution in [0.5, 0.6) is 0 Å². The minimum Gasteiger partial charge on any atom is -0.356 e. The first-order valence-electron chi connectivity index (χ1n) is 9.64. The van der Waals surface area contributed by atoms with Crippen molar-refractivity contribution in [2.24, 2.45) is 0 Å². The fraction of sp³-hybridized carbons (Fsp3) is 0.250. The average Bonchev–Trinajstić information content (AvgIpc) is 3.11. The lowest BCUT2D eigenvalue weighted by Crippen LogP contribution is -2.41. The van der Waals surface area contributed by atoms with Gasteiger partial charge in [0.1, 0.15) is 11.5 Å². The van der Waals surface area contributed by atoms with Gasteiger partial charge in [0.25, 0.3) is 0 Å². The number of halogens is 3. The molecule has 0 bridgehead atoms. The Kier molecular flexibility index (Phi) is 6.71. The zero-order chi connectivity index (χ0) is 23.4. The number of carbonyl (C=O) groups excluding carboxylic acids is 2. The molecule has 0 aliphatic rings. The van der Waals surface area contributed by atoms with Crippen molar-refractivity contribution in [1.82, 2.24) is 25.1 Å². The fourth-order valence-electron chi connectivity index (χ4n) is 3.05. The second kappa shape index (κ2) is 9.45. The maximum absolute atomic E-state index is 14.7. The molecule has 0 saturated heterocycles. The van der Waals surface area contributed by atoms with E-state index in [4.69, 9.17) is 0 Å². The number of likely N-dealkylation sites (N-methyl/N-ethyl adjacent to an activating group) is 1. The predicted octanol–water partition coefficient (Wildman–Crippen LogP) is 2.02. The standard InChI is InChI=1S/C20H19F3N6O3/c1-3-24-17(30)11-12-8-9-16(15(23)10-12)27(4-2)19(31)29-20(32)28(25-26-29)18-13(21)6-5-7-14(18)22/h5-10H,3-4,11H2,1-2H3,(H,24,30). The van der Waals surface area contributed by atoms with Crippen molar-refractivity contribution < 1.29 is 22.8 Å². The average molecular weight is 448 g/mol. The van der Waals surface area contributed by atoms with Crippen molar-refractivity contribution in [3.63, 3.8) is 0 Å². The molecule has 0 aliphatic heterocycles. The number of carbonyl (C=O) groups is 2. The Balaban J connectivity index is 1.93. The van der Waals surface area contributed by atoms with Crippen LogP contribution < -0.4 is 15.9 Å². The van der Waals surface area contributed by atoms with Crippen molar-refractivity contribution in [2.45, 2.75) is 20.3 Å². The summed E-state index contributed by atoms with van der Waals surface area (Å²) in [6.07, 6.45) is -0.0485. The van der Waals surface area contributed by atoms with Crippen LogP contribution >= 0.6 is 0 Å². The van der Waals surface area contributed by atoms with Gasteiger partial charge in [-0.1, -0.05) is 12.1 Å². The molecule has 1 aromatic heterocycles. The zero-order valence-corrected chi connectivity index (χ0v) is 17.2. The maximum Gasteiger partial charge on any atom is 0.377 e. The molecule has 0 fully saturated rings. The Morgan fingerprint density at radius 2 is 1.72 bits per heavy atom. The van der Waals surface area contributed by atoms with E-state index < -0.39 is 34.9 Å². The molecule has 0 unspecified atom stereocenters. The summed E-state index contributed by atoms with van der Waals surface area (Å²) >= 11 is 0. The lowest BCUT2D eigenvalue weighted by Gasteiger charge is -2.20. The summed E-state index contributed by atoms with van der Waals surface area (Å²) in [6.45, 7) is 3.67. The quantitative estimate of drug-likeness (QED) is 0.582. The molecule has 0 radical (unpaired) electrons. The van der Waals surface area contributed by atoms with Crippen LogP contribution in [0.25, 0.3) is 5.69 Å². The summed E-state index contributed by atoms with van der Waals surface area (Å²) in [5.74, 6) is -3.24. The number of nitrogens with one attached hydrogen (secondary N) is 1. The van der Waals surface area contributed by atoms with Gasteiger partial charge in [0.15, 0.2) is 11.6 Å². The molecule has 0 saturated carbocycles. The second-order valence-electron chi connectivity index (χ2n) is 6.60. The molecule has 168 valence electrons. The Morgan fingerprint density at radius 3 is 2.31 bits per heavy atom. The molecular weight excluding hydrogens is 429 g/mol. The van der Waals surface area contributed by atoms with Crippen LogP contribution in [-0.2, 0) is 11.2 Å². The molecule has 0 aliphatic carbocycles. The van der Waals surface area contributed by atoms with Crippen LogP contribution in [0.15, 0.2) is 41.2 Å². The van der Waals surface area contributed by atoms with Crippen LogP contribution in [0.4, 0.5) is 23.7 Å². The van der Waals surface area contributed by atoms with Gasteiger partial charge in [-0.3, -0.25) is 9.69 Å². The first kappa shape index (κ1) is 22.7. The molecule has 2 aromatic carbocycles. The number of para-hydroxylation sites is 1. The van der Waals surface area contributed by atoms with Crippen molar-refractivity contribution in [3.8, 4) is 5.69 Å². The third kappa shape index (κ3) is 4.38. The third-order valence-corrected chi connectivity index (χ3v) is 4.50. The molecule has 1 heterocycles. The van der Waals surface area contributed by atoms with E-state index in [2.05, 4.69) is 15.7 Å². The van der Waals surface area contributed by atoms with Gasteiger partial charge in [-0.05, 0) is 54.1 Å². The van der Waals surface area contributed by atoms with Gasteiger partial charge in [0.2, 0.25) is 5.91 Å². The zero-order valence-electron chi connectivity index (χ0n) is 17.2. The highest BCUT2D eigenvalue weighted by Crippen LogP contribution is 2.22. The Labute approximate surface area is 180 Å². The summed E-state index contributed by atoms with van der Waals surface area (Å²) in [4.78, 5) is 38.0. The molecule has 32 heavy (non-hydrogen) atoms. The van der Waals surface area contributed by atoms with E-state index in [9.17, 15) is 27.6 Å². The maximum atomic E-state index is 14.7. The minimum absolute atomic E-state index is 0.0485. The number of benzene rings is 2. The summed E-state index contributed by atoms with van der Waals surface area (Å²) in [5.41, 5.74) is -1.80. The molecule has 3 rings (SSSR count). The topological polar surface area (TPSA) is 102 Å². The van der Waals surface area contributed by atoms with Gasteiger partial charge in [0.05, 0.1) is 12.1 Å². The fourth-order valence-corrected chi connectivity index (χ4v) is 3.05. The largest absolute Gasteiger partial charge is 0.377 e. The highest BCUT2D eigenvalue weighted by Gasteiger charge is 2.26. The Morgan fingerprint density at radius 1 is 1.03 bits per heavy atom. The lowest BCUT2D eigenvalue weighted by molar-refractivity contribution is -0.120. The number of anilines is 1. The monoisotopic (exact) mass is 448 g/mol. The van der Waals surface area contributed by atoms with Gasteiger partial charge in [0, 0.05) is 13.1 Å². The van der Waals surface area contributed by atoms with E-state index in [1.165, 1.54) is 19.1 Å². The van der Waals surface area contributed by atoms with E-state index in [0.717, 1.165) is 29.2 Å². The van der Waals surface area contributed by atoms with Crippen molar-refractivity contribution in [3.05, 3.63) is 69.9 Å². The van der Waals surface area contributed by atoms with Gasteiger partial charge >= 0.3 is 11.7 Å². The summed E-state index contributed by atoms with van der Waals surface area (Å²) in [7, 11) is 0. The number of aromatic nitrogens is 4. The number of amides is 2. The Bertz CT molecular complexity index is 1200. The number of hydrogen-bond acceptors (Lipinski definition) is 5.